The molecular formula is C7H8O5S. The van der Waals surface area contributed by atoms with Crippen molar-refractivity contribution in [3.05, 3.63) is 17.7 Å². The SMILES string of the molecule is Cc1c(O)ccc(O)c1S(=O)(=O)O. The maximum atomic E-state index is 10.7. The molecule has 3 N–H and O–H groups in total. The van der Waals surface area contributed by atoms with Gasteiger partial charge >= 0.3 is 0 Å². The quantitative estimate of drug-likeness (QED) is 0.461. The third kappa shape index (κ3) is 1.73. The first-order chi connectivity index (χ1) is 5.84. The van der Waals surface area contributed by atoms with Gasteiger partial charge in [-0.05, 0) is 19.1 Å². The zero-order chi connectivity index (χ0) is 10.2. The topological polar surface area (TPSA) is 94.8 Å². The predicted molar refractivity (Wildman–Crippen MR) is 44.3 cm³/mol. The average molecular weight is 204 g/mol. The van der Waals surface area contributed by atoms with Crippen LogP contribution >= 0.6 is 0 Å². The molecule has 0 spiro atoms. The summed E-state index contributed by atoms with van der Waals surface area (Å²) < 4.78 is 30.1. The fourth-order valence-electron chi connectivity index (χ4n) is 0.993. The number of hydrogen-bond acceptors (Lipinski definition) is 4. The van der Waals surface area contributed by atoms with E-state index < -0.39 is 20.8 Å². The number of benzene rings is 1. The summed E-state index contributed by atoms with van der Waals surface area (Å²) in [6, 6.07) is 2.13. The number of phenols is 2. The van der Waals surface area contributed by atoms with Crippen LogP contribution in [0.5, 0.6) is 11.5 Å². The molecule has 1 rings (SSSR count). The summed E-state index contributed by atoms with van der Waals surface area (Å²) in [5.74, 6) is -0.886. The van der Waals surface area contributed by atoms with Gasteiger partial charge in [-0.1, -0.05) is 0 Å². The van der Waals surface area contributed by atoms with E-state index in [1.165, 1.54) is 6.92 Å². The lowest BCUT2D eigenvalue weighted by Crippen LogP contribution is -2.01. The number of phenolic OH excluding ortho intramolecular Hbond substituents is 2. The van der Waals surface area contributed by atoms with Gasteiger partial charge in [-0.25, -0.2) is 0 Å². The minimum absolute atomic E-state index is 0.0810. The van der Waals surface area contributed by atoms with Crippen molar-refractivity contribution in [2.45, 2.75) is 11.8 Å². The molecule has 0 bridgehead atoms. The Balaban J connectivity index is 3.62. The van der Waals surface area contributed by atoms with Crippen molar-refractivity contribution in [3.63, 3.8) is 0 Å². The Bertz CT molecular complexity index is 434. The van der Waals surface area contributed by atoms with Gasteiger partial charge in [0, 0.05) is 5.56 Å². The first kappa shape index (κ1) is 9.82. The van der Waals surface area contributed by atoms with E-state index in [-0.39, 0.29) is 11.3 Å². The normalized spacial score (nSPS) is 11.5. The second-order valence-corrected chi connectivity index (χ2v) is 3.89. The molecule has 0 aliphatic heterocycles. The van der Waals surface area contributed by atoms with Crippen molar-refractivity contribution in [2.75, 3.05) is 0 Å². The highest BCUT2D eigenvalue weighted by Gasteiger charge is 2.20. The summed E-state index contributed by atoms with van der Waals surface area (Å²) in [5.41, 5.74) is -0.0810. The summed E-state index contributed by atoms with van der Waals surface area (Å²) >= 11 is 0. The number of rotatable bonds is 1. The summed E-state index contributed by atoms with van der Waals surface area (Å²) in [5, 5.41) is 18.2. The second kappa shape index (κ2) is 2.90. The summed E-state index contributed by atoms with van der Waals surface area (Å²) in [4.78, 5) is -0.660. The molecule has 0 saturated carbocycles. The van der Waals surface area contributed by atoms with Crippen LogP contribution < -0.4 is 0 Å². The van der Waals surface area contributed by atoms with Gasteiger partial charge in [0.2, 0.25) is 0 Å². The van der Waals surface area contributed by atoms with Gasteiger partial charge < -0.3 is 10.2 Å². The number of aromatic hydroxyl groups is 2. The Labute approximate surface area is 75.0 Å². The van der Waals surface area contributed by atoms with E-state index in [1.807, 2.05) is 0 Å². The molecule has 0 atom stereocenters. The molecule has 0 amide bonds. The summed E-state index contributed by atoms with van der Waals surface area (Å²) in [6.45, 7) is 1.28. The first-order valence-electron chi connectivity index (χ1n) is 3.33. The zero-order valence-corrected chi connectivity index (χ0v) is 7.54. The van der Waals surface area contributed by atoms with Crippen molar-refractivity contribution in [3.8, 4) is 11.5 Å². The lowest BCUT2D eigenvalue weighted by molar-refractivity contribution is 0.429. The molecule has 6 heteroatoms. The molecule has 0 aliphatic rings. The van der Waals surface area contributed by atoms with E-state index in [2.05, 4.69) is 0 Å². The maximum absolute atomic E-state index is 10.7. The Morgan fingerprint density at radius 1 is 1.15 bits per heavy atom. The molecule has 1 aromatic rings. The molecule has 0 aromatic heterocycles. The molecule has 5 nitrogen and oxygen atoms in total. The highest BCUT2D eigenvalue weighted by atomic mass is 32.2. The van der Waals surface area contributed by atoms with Crippen LogP contribution in [0.2, 0.25) is 0 Å². The largest absolute Gasteiger partial charge is 0.508 e. The van der Waals surface area contributed by atoms with Gasteiger partial charge in [-0.3, -0.25) is 4.55 Å². The monoisotopic (exact) mass is 204 g/mol. The lowest BCUT2D eigenvalue weighted by Gasteiger charge is -2.06. The third-order valence-corrected chi connectivity index (χ3v) is 2.65. The van der Waals surface area contributed by atoms with Crippen LogP contribution in [-0.4, -0.2) is 23.2 Å². The summed E-state index contributed by atoms with van der Waals surface area (Å²) in [6.07, 6.45) is 0. The van der Waals surface area contributed by atoms with E-state index in [4.69, 9.17) is 14.8 Å². The molecule has 0 unspecified atom stereocenters. The van der Waals surface area contributed by atoms with E-state index in [0.717, 1.165) is 12.1 Å². The first-order valence-corrected chi connectivity index (χ1v) is 4.77. The minimum Gasteiger partial charge on any atom is -0.508 e. The van der Waals surface area contributed by atoms with Crippen LogP contribution in [0.15, 0.2) is 17.0 Å². The van der Waals surface area contributed by atoms with Gasteiger partial charge in [-0.2, -0.15) is 8.42 Å². The predicted octanol–water partition coefficient (Wildman–Crippen LogP) is 0.653. The Morgan fingerprint density at radius 2 is 1.62 bits per heavy atom. The third-order valence-electron chi connectivity index (χ3n) is 1.61. The van der Waals surface area contributed by atoms with E-state index in [1.54, 1.807) is 0 Å². The fraction of sp³-hybridized carbons (Fsp3) is 0.143. The molecular weight excluding hydrogens is 196 g/mol. The van der Waals surface area contributed by atoms with Crippen LogP contribution in [0, 0.1) is 6.92 Å². The molecule has 0 radical (unpaired) electrons. The molecule has 1 aromatic carbocycles. The van der Waals surface area contributed by atoms with Crippen molar-refractivity contribution < 1.29 is 23.2 Å². The van der Waals surface area contributed by atoms with Crippen LogP contribution in [0.1, 0.15) is 5.56 Å². The second-order valence-electron chi connectivity index (χ2n) is 2.53. The van der Waals surface area contributed by atoms with Crippen LogP contribution in [-0.2, 0) is 10.1 Å². The van der Waals surface area contributed by atoms with Gasteiger partial charge in [0.05, 0.1) is 0 Å². The highest BCUT2D eigenvalue weighted by Crippen LogP contribution is 2.31. The minimum atomic E-state index is -4.50. The van der Waals surface area contributed by atoms with Crippen LogP contribution in [0.3, 0.4) is 0 Å². The van der Waals surface area contributed by atoms with Crippen molar-refractivity contribution in [2.24, 2.45) is 0 Å². The van der Waals surface area contributed by atoms with Crippen molar-refractivity contribution in [1.29, 1.82) is 0 Å². The van der Waals surface area contributed by atoms with Crippen LogP contribution in [0.4, 0.5) is 0 Å². The smallest absolute Gasteiger partial charge is 0.298 e. The van der Waals surface area contributed by atoms with Gasteiger partial charge in [0.1, 0.15) is 16.4 Å². The molecule has 0 heterocycles. The molecule has 72 valence electrons. The highest BCUT2D eigenvalue weighted by molar-refractivity contribution is 7.86. The fourth-order valence-corrected chi connectivity index (χ4v) is 1.82. The molecule has 0 fully saturated rings. The van der Waals surface area contributed by atoms with Gasteiger partial charge in [0.15, 0.2) is 0 Å². The maximum Gasteiger partial charge on any atom is 0.298 e. The lowest BCUT2D eigenvalue weighted by atomic mass is 10.2. The molecule has 0 saturated heterocycles. The van der Waals surface area contributed by atoms with E-state index in [9.17, 15) is 8.42 Å². The van der Waals surface area contributed by atoms with Crippen LogP contribution in [0.25, 0.3) is 0 Å². The van der Waals surface area contributed by atoms with Gasteiger partial charge in [-0.15, -0.1) is 0 Å². The van der Waals surface area contributed by atoms with Gasteiger partial charge in [0.25, 0.3) is 10.1 Å². The Kier molecular flexibility index (Phi) is 2.19. The van der Waals surface area contributed by atoms with Crippen molar-refractivity contribution >= 4 is 10.1 Å². The van der Waals surface area contributed by atoms with E-state index in [0.29, 0.717) is 0 Å². The average Bonchev–Trinajstić information content (AvgIpc) is 1.95. The summed E-state index contributed by atoms with van der Waals surface area (Å²) in [7, 11) is -4.50. The Hall–Kier alpha value is -1.27. The standard InChI is InChI=1S/C7H8O5S/c1-4-5(8)2-3-6(9)7(4)13(10,11)12/h2-3,8-9H,1H3,(H,10,11,12). The zero-order valence-electron chi connectivity index (χ0n) is 6.72. The molecule has 13 heavy (non-hydrogen) atoms. The molecule has 0 aliphatic carbocycles. The van der Waals surface area contributed by atoms with E-state index >= 15 is 0 Å². The number of hydrogen-bond donors (Lipinski definition) is 3. The Morgan fingerprint density at radius 3 is 2.00 bits per heavy atom. The van der Waals surface area contributed by atoms with Crippen molar-refractivity contribution in [1.82, 2.24) is 0 Å².